The van der Waals surface area contributed by atoms with E-state index in [1.165, 1.54) is 91.0 Å². The van der Waals surface area contributed by atoms with Crippen molar-refractivity contribution in [2.45, 2.75) is 38.1 Å². The Kier molecular flexibility index (Phi) is 6.14. The lowest BCUT2D eigenvalue weighted by Crippen LogP contribution is -2.53. The van der Waals surface area contributed by atoms with Crippen LogP contribution in [0.4, 0.5) is 0 Å². The zero-order valence-corrected chi connectivity index (χ0v) is 14.8. The van der Waals surface area contributed by atoms with Gasteiger partial charge in [0.25, 0.3) is 0 Å². The third-order valence-corrected chi connectivity index (χ3v) is 6.30. The molecule has 3 aliphatic heterocycles. The fourth-order valence-corrected chi connectivity index (χ4v) is 4.43. The van der Waals surface area contributed by atoms with E-state index in [1.807, 2.05) is 0 Å². The molecule has 4 nitrogen and oxygen atoms in total. The molecule has 0 saturated carbocycles. The molecule has 3 rings (SSSR count). The number of likely N-dealkylation sites (tertiary alicyclic amines) is 2. The molecule has 0 amide bonds. The van der Waals surface area contributed by atoms with E-state index in [0.717, 1.165) is 12.0 Å². The number of rotatable bonds is 4. The summed E-state index contributed by atoms with van der Waals surface area (Å²) in [5.74, 6) is 0.989. The van der Waals surface area contributed by atoms with Gasteiger partial charge in [0.1, 0.15) is 0 Å². The highest BCUT2D eigenvalue weighted by atomic mass is 15.3. The van der Waals surface area contributed by atoms with Crippen molar-refractivity contribution >= 4 is 0 Å². The van der Waals surface area contributed by atoms with Crippen LogP contribution in [-0.2, 0) is 0 Å². The van der Waals surface area contributed by atoms with Crippen LogP contribution in [0.1, 0.15) is 32.1 Å². The van der Waals surface area contributed by atoms with Gasteiger partial charge in [-0.15, -0.1) is 0 Å². The van der Waals surface area contributed by atoms with E-state index in [4.69, 9.17) is 0 Å². The zero-order valence-electron chi connectivity index (χ0n) is 14.8. The molecule has 4 heteroatoms. The SMILES string of the molecule is CN1CCC(CCN2CCN(C3CCN(C)CC3)CC2)CC1. The molecule has 0 atom stereocenters. The van der Waals surface area contributed by atoms with Crippen LogP contribution in [-0.4, -0.2) is 98.6 Å². The minimum absolute atomic E-state index is 0.868. The van der Waals surface area contributed by atoms with Crippen LogP contribution in [0.3, 0.4) is 0 Å². The van der Waals surface area contributed by atoms with Crippen molar-refractivity contribution in [2.75, 3.05) is 73.0 Å². The summed E-state index contributed by atoms with van der Waals surface area (Å²) in [5.41, 5.74) is 0. The molecule has 0 aliphatic carbocycles. The molecule has 0 aromatic rings. The number of hydrogen-bond acceptors (Lipinski definition) is 4. The maximum Gasteiger partial charge on any atom is 0.0121 e. The summed E-state index contributed by atoms with van der Waals surface area (Å²) in [4.78, 5) is 10.5. The quantitative estimate of drug-likeness (QED) is 0.779. The summed E-state index contributed by atoms with van der Waals surface area (Å²) in [6.45, 7) is 11.8. The minimum Gasteiger partial charge on any atom is -0.306 e. The highest BCUT2D eigenvalue weighted by Gasteiger charge is 2.26. The average Bonchev–Trinajstić information content (AvgIpc) is 2.56. The van der Waals surface area contributed by atoms with E-state index in [1.54, 1.807) is 0 Å². The lowest BCUT2D eigenvalue weighted by Gasteiger charge is -2.42. The largest absolute Gasteiger partial charge is 0.306 e. The summed E-state index contributed by atoms with van der Waals surface area (Å²) in [6.07, 6.45) is 7.04. The molecule has 0 bridgehead atoms. The van der Waals surface area contributed by atoms with Crippen LogP contribution in [0.5, 0.6) is 0 Å². The van der Waals surface area contributed by atoms with Crippen LogP contribution in [0.15, 0.2) is 0 Å². The van der Waals surface area contributed by atoms with Crippen LogP contribution < -0.4 is 0 Å². The minimum atomic E-state index is 0.868. The van der Waals surface area contributed by atoms with Crippen LogP contribution in [0.2, 0.25) is 0 Å². The van der Waals surface area contributed by atoms with Gasteiger partial charge < -0.3 is 14.7 Å². The number of piperazine rings is 1. The Morgan fingerprint density at radius 2 is 1.23 bits per heavy atom. The molecule has 3 aliphatic rings. The first kappa shape index (κ1) is 16.7. The first-order valence-corrected chi connectivity index (χ1v) is 9.54. The van der Waals surface area contributed by atoms with Crippen molar-refractivity contribution in [3.8, 4) is 0 Å². The molecule has 3 saturated heterocycles. The topological polar surface area (TPSA) is 13.0 Å². The molecule has 0 spiro atoms. The fourth-order valence-electron chi connectivity index (χ4n) is 4.43. The molecule has 3 fully saturated rings. The third-order valence-electron chi connectivity index (χ3n) is 6.30. The molecule has 128 valence electrons. The highest BCUT2D eigenvalue weighted by molar-refractivity contribution is 4.83. The van der Waals surface area contributed by atoms with Crippen molar-refractivity contribution in [3.63, 3.8) is 0 Å². The van der Waals surface area contributed by atoms with Crippen LogP contribution in [0, 0.1) is 5.92 Å². The first-order chi connectivity index (χ1) is 10.7. The molecule has 0 radical (unpaired) electrons. The van der Waals surface area contributed by atoms with E-state index in [9.17, 15) is 0 Å². The van der Waals surface area contributed by atoms with E-state index in [2.05, 4.69) is 33.7 Å². The van der Waals surface area contributed by atoms with Gasteiger partial charge in [0, 0.05) is 32.2 Å². The van der Waals surface area contributed by atoms with E-state index in [0.29, 0.717) is 0 Å². The molecule has 0 N–H and O–H groups in total. The Morgan fingerprint density at radius 3 is 1.82 bits per heavy atom. The van der Waals surface area contributed by atoms with Crippen LogP contribution in [0.25, 0.3) is 0 Å². The third kappa shape index (κ3) is 4.67. The normalized spacial score (nSPS) is 29.2. The Labute approximate surface area is 137 Å². The molecule has 22 heavy (non-hydrogen) atoms. The molecule has 0 aromatic heterocycles. The Hall–Kier alpha value is -0.160. The molecular weight excluding hydrogens is 272 g/mol. The monoisotopic (exact) mass is 308 g/mol. The Balaban J connectivity index is 1.32. The molecule has 0 aromatic carbocycles. The second-order valence-corrected chi connectivity index (χ2v) is 7.95. The Morgan fingerprint density at radius 1 is 0.682 bits per heavy atom. The van der Waals surface area contributed by atoms with E-state index >= 15 is 0 Å². The summed E-state index contributed by atoms with van der Waals surface area (Å²) >= 11 is 0. The van der Waals surface area contributed by atoms with Gasteiger partial charge in [-0.05, 0) is 84.8 Å². The first-order valence-electron chi connectivity index (χ1n) is 9.54. The van der Waals surface area contributed by atoms with Crippen molar-refractivity contribution < 1.29 is 0 Å². The lowest BCUT2D eigenvalue weighted by molar-refractivity contribution is 0.0608. The molecule has 3 heterocycles. The fraction of sp³-hybridized carbons (Fsp3) is 1.00. The van der Waals surface area contributed by atoms with E-state index < -0.39 is 0 Å². The maximum absolute atomic E-state index is 2.78. The van der Waals surface area contributed by atoms with Gasteiger partial charge in [-0.3, -0.25) is 4.90 Å². The zero-order chi connectivity index (χ0) is 15.4. The maximum atomic E-state index is 2.78. The van der Waals surface area contributed by atoms with Crippen molar-refractivity contribution in [1.82, 2.24) is 19.6 Å². The van der Waals surface area contributed by atoms with Gasteiger partial charge >= 0.3 is 0 Å². The number of hydrogen-bond donors (Lipinski definition) is 0. The second kappa shape index (κ2) is 8.09. The number of nitrogens with zero attached hydrogens (tertiary/aromatic N) is 4. The van der Waals surface area contributed by atoms with Gasteiger partial charge in [0.2, 0.25) is 0 Å². The highest BCUT2D eigenvalue weighted by Crippen LogP contribution is 2.21. The molecule has 0 unspecified atom stereocenters. The number of piperidine rings is 2. The summed E-state index contributed by atoms with van der Waals surface area (Å²) < 4.78 is 0. The second-order valence-electron chi connectivity index (χ2n) is 7.95. The van der Waals surface area contributed by atoms with Gasteiger partial charge in [-0.25, -0.2) is 0 Å². The van der Waals surface area contributed by atoms with Crippen molar-refractivity contribution in [2.24, 2.45) is 5.92 Å². The summed E-state index contributed by atoms with van der Waals surface area (Å²) in [6, 6.07) is 0.868. The average molecular weight is 309 g/mol. The summed E-state index contributed by atoms with van der Waals surface area (Å²) in [7, 11) is 4.52. The van der Waals surface area contributed by atoms with Crippen molar-refractivity contribution in [1.29, 1.82) is 0 Å². The van der Waals surface area contributed by atoms with Gasteiger partial charge in [0.05, 0.1) is 0 Å². The smallest absolute Gasteiger partial charge is 0.0121 e. The predicted octanol–water partition coefficient (Wildman–Crippen LogP) is 1.43. The van der Waals surface area contributed by atoms with Gasteiger partial charge in [0.15, 0.2) is 0 Å². The standard InChI is InChI=1S/C18H36N4/c1-19-8-3-17(4-9-19)5-12-21-13-15-22(16-14-21)18-6-10-20(2)11-7-18/h17-18H,3-16H2,1-2H3. The molecular formula is C18H36N4. The lowest BCUT2D eigenvalue weighted by atomic mass is 9.93. The summed E-state index contributed by atoms with van der Waals surface area (Å²) in [5, 5.41) is 0. The van der Waals surface area contributed by atoms with E-state index in [-0.39, 0.29) is 0 Å². The Bertz CT molecular complexity index is 311. The van der Waals surface area contributed by atoms with Gasteiger partial charge in [-0.1, -0.05) is 0 Å². The predicted molar refractivity (Wildman–Crippen MR) is 93.4 cm³/mol. The van der Waals surface area contributed by atoms with Gasteiger partial charge in [-0.2, -0.15) is 0 Å². The van der Waals surface area contributed by atoms with Crippen molar-refractivity contribution in [3.05, 3.63) is 0 Å². The van der Waals surface area contributed by atoms with Crippen LogP contribution >= 0.6 is 0 Å².